The number of nitrogens with zero attached hydrogens (tertiary/aromatic N) is 1. The number of piperidine rings is 1. The number of hydrogen-bond donors (Lipinski definition) is 3. The Labute approximate surface area is 189 Å². The van der Waals surface area contributed by atoms with Gasteiger partial charge in [-0.15, -0.1) is 0 Å². The van der Waals surface area contributed by atoms with Crippen molar-refractivity contribution in [1.29, 1.82) is 0 Å². The number of carbonyl (C=O) groups is 1. The van der Waals surface area contributed by atoms with Gasteiger partial charge in [0.25, 0.3) is 0 Å². The van der Waals surface area contributed by atoms with Gasteiger partial charge in [0, 0.05) is 19.5 Å². The lowest BCUT2D eigenvalue weighted by molar-refractivity contribution is -0.128. The zero-order valence-corrected chi connectivity index (χ0v) is 19.2. The van der Waals surface area contributed by atoms with Crippen LogP contribution in [0.15, 0.2) is 29.2 Å². The normalized spacial score (nSPS) is 24.9. The number of carbonyl (C=O) groups excluding carboxylic acids is 1. The molecule has 1 aromatic rings. The van der Waals surface area contributed by atoms with Crippen molar-refractivity contribution in [1.82, 2.24) is 14.9 Å². The number of hydrogen-bond acceptors (Lipinski definition) is 6. The van der Waals surface area contributed by atoms with Crippen molar-refractivity contribution in [2.24, 2.45) is 0 Å². The summed E-state index contributed by atoms with van der Waals surface area (Å²) in [5.74, 6) is -0.532. The van der Waals surface area contributed by atoms with E-state index < -0.39 is 21.9 Å². The summed E-state index contributed by atoms with van der Waals surface area (Å²) in [6.07, 6.45) is 5.09. The standard InChI is InChI=1S/C22H34FN3O5S/c23-17-4-7-19(8-5-17)32(29,30)24-12-10-18-6-9-20(21(16-27)31-18)25-22(28)11-15-26-13-2-1-3-14-26/h4-5,7-8,18,20-21,24,27H,1-3,6,9-16H2,(H,25,28)/t18-,20-,21+/m1/s1. The van der Waals surface area contributed by atoms with Crippen LogP contribution >= 0.6 is 0 Å². The van der Waals surface area contributed by atoms with Crippen LogP contribution in [0.4, 0.5) is 4.39 Å². The molecule has 2 heterocycles. The lowest BCUT2D eigenvalue weighted by atomic mass is 9.97. The van der Waals surface area contributed by atoms with E-state index in [0.717, 1.165) is 31.8 Å². The average molecular weight is 472 g/mol. The van der Waals surface area contributed by atoms with E-state index in [1.54, 1.807) is 0 Å². The fourth-order valence-electron chi connectivity index (χ4n) is 4.28. The van der Waals surface area contributed by atoms with Gasteiger partial charge in [0.15, 0.2) is 0 Å². The van der Waals surface area contributed by atoms with Crippen LogP contribution in [0.1, 0.15) is 44.9 Å². The van der Waals surface area contributed by atoms with Gasteiger partial charge in [-0.25, -0.2) is 17.5 Å². The number of nitrogens with one attached hydrogen (secondary N) is 2. The summed E-state index contributed by atoms with van der Waals surface area (Å²) in [6.45, 7) is 2.79. The van der Waals surface area contributed by atoms with Gasteiger partial charge >= 0.3 is 0 Å². The third kappa shape index (κ3) is 7.48. The highest BCUT2D eigenvalue weighted by Gasteiger charge is 2.32. The molecule has 1 aromatic carbocycles. The predicted octanol–water partition coefficient (Wildman–Crippen LogP) is 1.39. The molecule has 2 aliphatic rings. The molecule has 1 amide bonds. The summed E-state index contributed by atoms with van der Waals surface area (Å²) in [5, 5.41) is 12.7. The summed E-state index contributed by atoms with van der Waals surface area (Å²) < 4.78 is 46.0. The number of amides is 1. The van der Waals surface area contributed by atoms with Gasteiger partial charge in [-0.05, 0) is 69.5 Å². The van der Waals surface area contributed by atoms with Crippen LogP contribution in [0.5, 0.6) is 0 Å². The number of sulfonamides is 1. The summed E-state index contributed by atoms with van der Waals surface area (Å²) in [7, 11) is -3.72. The smallest absolute Gasteiger partial charge is 0.240 e. The number of ether oxygens (including phenoxy) is 1. The minimum atomic E-state index is -3.72. The molecular weight excluding hydrogens is 437 g/mol. The summed E-state index contributed by atoms with van der Waals surface area (Å²) in [6, 6.07) is 4.39. The number of aliphatic hydroxyl groups excluding tert-OH is 1. The molecule has 0 aliphatic carbocycles. The van der Waals surface area contributed by atoms with Crippen molar-refractivity contribution in [2.75, 3.05) is 32.8 Å². The van der Waals surface area contributed by atoms with Crippen LogP contribution in [-0.4, -0.2) is 75.4 Å². The molecular formula is C22H34FN3O5S. The van der Waals surface area contributed by atoms with Crippen molar-refractivity contribution in [3.63, 3.8) is 0 Å². The van der Waals surface area contributed by atoms with Gasteiger partial charge < -0.3 is 20.1 Å². The molecule has 180 valence electrons. The van der Waals surface area contributed by atoms with Gasteiger partial charge in [0.05, 0.1) is 23.6 Å². The Morgan fingerprint density at radius 3 is 2.56 bits per heavy atom. The minimum absolute atomic E-state index is 0.00373. The third-order valence-corrected chi connectivity index (χ3v) is 7.61. The minimum Gasteiger partial charge on any atom is -0.394 e. The molecule has 2 saturated heterocycles. The van der Waals surface area contributed by atoms with Gasteiger partial charge in [-0.1, -0.05) is 6.42 Å². The Morgan fingerprint density at radius 2 is 1.88 bits per heavy atom. The Kier molecular flexibility index (Phi) is 9.42. The highest BCUT2D eigenvalue weighted by molar-refractivity contribution is 7.89. The lowest BCUT2D eigenvalue weighted by Gasteiger charge is -2.36. The number of halogens is 1. The molecule has 0 unspecified atom stereocenters. The maximum absolute atomic E-state index is 13.0. The summed E-state index contributed by atoms with van der Waals surface area (Å²) >= 11 is 0. The maximum Gasteiger partial charge on any atom is 0.240 e. The molecule has 0 spiro atoms. The first-order valence-corrected chi connectivity index (χ1v) is 12.9. The summed E-state index contributed by atoms with van der Waals surface area (Å²) in [4.78, 5) is 14.7. The van der Waals surface area contributed by atoms with E-state index >= 15 is 0 Å². The van der Waals surface area contributed by atoms with Crippen LogP contribution in [-0.2, 0) is 19.6 Å². The second kappa shape index (κ2) is 12.0. The van der Waals surface area contributed by atoms with Crippen LogP contribution in [0.25, 0.3) is 0 Å². The summed E-state index contributed by atoms with van der Waals surface area (Å²) in [5.41, 5.74) is 0. The number of rotatable bonds is 10. The highest BCUT2D eigenvalue weighted by Crippen LogP contribution is 2.22. The molecule has 3 rings (SSSR count). The van der Waals surface area contributed by atoms with Crippen molar-refractivity contribution in [3.8, 4) is 0 Å². The van der Waals surface area contributed by atoms with Crippen molar-refractivity contribution in [2.45, 2.75) is 68.1 Å². The molecule has 3 N–H and O–H groups in total. The van der Waals surface area contributed by atoms with Gasteiger partial charge in [0.2, 0.25) is 15.9 Å². The monoisotopic (exact) mass is 471 g/mol. The molecule has 0 saturated carbocycles. The van der Waals surface area contributed by atoms with E-state index in [1.807, 2.05) is 0 Å². The van der Waals surface area contributed by atoms with Crippen LogP contribution in [0.2, 0.25) is 0 Å². The quantitative estimate of drug-likeness (QED) is 0.476. The Morgan fingerprint density at radius 1 is 1.16 bits per heavy atom. The Bertz CT molecular complexity index is 830. The van der Waals surface area contributed by atoms with Crippen LogP contribution in [0.3, 0.4) is 0 Å². The molecule has 0 radical (unpaired) electrons. The second-order valence-electron chi connectivity index (χ2n) is 8.52. The predicted molar refractivity (Wildman–Crippen MR) is 118 cm³/mol. The zero-order valence-electron chi connectivity index (χ0n) is 18.3. The molecule has 32 heavy (non-hydrogen) atoms. The number of benzene rings is 1. The van der Waals surface area contributed by atoms with E-state index in [4.69, 9.17) is 4.74 Å². The number of likely N-dealkylation sites (tertiary alicyclic amines) is 1. The largest absolute Gasteiger partial charge is 0.394 e. The molecule has 2 aliphatic heterocycles. The van der Waals surface area contributed by atoms with Crippen LogP contribution in [0, 0.1) is 5.82 Å². The molecule has 2 fully saturated rings. The van der Waals surface area contributed by atoms with E-state index in [2.05, 4.69) is 14.9 Å². The number of aliphatic hydroxyl groups is 1. The first-order valence-electron chi connectivity index (χ1n) is 11.4. The first kappa shape index (κ1) is 25.0. The molecule has 8 nitrogen and oxygen atoms in total. The lowest BCUT2D eigenvalue weighted by Crippen LogP contribution is -2.51. The van der Waals surface area contributed by atoms with Crippen molar-refractivity contribution in [3.05, 3.63) is 30.1 Å². The molecule has 0 bridgehead atoms. The Balaban J connectivity index is 1.39. The maximum atomic E-state index is 13.0. The van der Waals surface area contributed by atoms with E-state index in [0.29, 0.717) is 25.7 Å². The SMILES string of the molecule is O=C(CCN1CCCCC1)N[C@@H]1CC[C@H](CCNS(=O)(=O)c2ccc(F)cc2)O[C@H]1CO. The molecule has 10 heteroatoms. The fraction of sp³-hybridized carbons (Fsp3) is 0.682. The van der Waals surface area contributed by atoms with Crippen molar-refractivity contribution >= 4 is 15.9 Å². The van der Waals surface area contributed by atoms with Gasteiger partial charge in [-0.2, -0.15) is 0 Å². The van der Waals surface area contributed by atoms with Gasteiger partial charge in [0.1, 0.15) is 11.9 Å². The topological polar surface area (TPSA) is 108 Å². The van der Waals surface area contributed by atoms with Crippen molar-refractivity contribution < 1.29 is 27.4 Å². The van der Waals surface area contributed by atoms with E-state index in [-0.39, 0.29) is 36.1 Å². The van der Waals surface area contributed by atoms with Gasteiger partial charge in [-0.3, -0.25) is 4.79 Å². The molecule has 3 atom stereocenters. The molecule has 0 aromatic heterocycles. The first-order chi connectivity index (χ1) is 15.4. The average Bonchev–Trinajstić information content (AvgIpc) is 2.79. The van der Waals surface area contributed by atoms with E-state index in [1.165, 1.54) is 31.4 Å². The van der Waals surface area contributed by atoms with E-state index in [9.17, 15) is 22.7 Å². The fourth-order valence-corrected chi connectivity index (χ4v) is 5.33. The Hall–Kier alpha value is -1.59. The zero-order chi connectivity index (χ0) is 23.0. The third-order valence-electron chi connectivity index (χ3n) is 6.13. The highest BCUT2D eigenvalue weighted by atomic mass is 32.2. The second-order valence-corrected chi connectivity index (χ2v) is 10.3. The van der Waals surface area contributed by atoms with Crippen LogP contribution < -0.4 is 10.0 Å².